The number of hydrogen-bond donors (Lipinski definition) is 1. The van der Waals surface area contributed by atoms with E-state index in [0.717, 1.165) is 69.8 Å². The molecule has 290 valence electrons. The van der Waals surface area contributed by atoms with Crippen molar-refractivity contribution in [2.24, 2.45) is 0 Å². The first-order chi connectivity index (χ1) is 24.6. The van der Waals surface area contributed by atoms with Gasteiger partial charge in [-0.15, -0.1) is 0 Å². The van der Waals surface area contributed by atoms with Crippen LogP contribution in [0, 0.1) is 0 Å². The number of fused-ring (bicyclic) bond motifs is 1. The van der Waals surface area contributed by atoms with Crippen molar-refractivity contribution < 1.29 is 19.3 Å². The molecule has 0 aromatic carbocycles. The Morgan fingerprint density at radius 2 is 1.27 bits per heavy atom. The van der Waals surface area contributed by atoms with Crippen LogP contribution in [0.5, 0.6) is 0 Å². The normalized spacial score (nSPS) is 21.7. The van der Waals surface area contributed by atoms with Gasteiger partial charge in [0.2, 0.25) is 0 Å². The van der Waals surface area contributed by atoms with Crippen LogP contribution < -0.4 is 11.2 Å². The molecule has 2 saturated heterocycles. The summed E-state index contributed by atoms with van der Waals surface area (Å²) in [6.07, 6.45) is 28.0. The third kappa shape index (κ3) is 14.2. The summed E-state index contributed by atoms with van der Waals surface area (Å²) >= 11 is 0. The lowest BCUT2D eigenvalue weighted by molar-refractivity contribution is -0.228. The zero-order chi connectivity index (χ0) is 37.1. The molecule has 0 unspecified atom stereocenters. The van der Waals surface area contributed by atoms with E-state index in [2.05, 4.69) is 53.7 Å². The van der Waals surface area contributed by atoms with Gasteiger partial charge in [0.05, 0.1) is 6.61 Å². The number of allylic oxidation sites excluding steroid dienone is 6. The Balaban J connectivity index is 1.71. The van der Waals surface area contributed by atoms with Crippen LogP contribution in [0.4, 0.5) is 0 Å². The van der Waals surface area contributed by atoms with Gasteiger partial charge < -0.3 is 19.3 Å². The number of rotatable bonds is 26. The molecule has 3 heterocycles. The summed E-state index contributed by atoms with van der Waals surface area (Å²) in [7, 11) is 0. The molecule has 2 aliphatic rings. The Morgan fingerprint density at radius 3 is 1.84 bits per heavy atom. The molecular weight excluding hydrogens is 640 g/mol. The second-order valence-corrected chi connectivity index (χ2v) is 15.5. The van der Waals surface area contributed by atoms with Crippen LogP contribution in [-0.4, -0.2) is 44.9 Å². The fraction of sp³-hybridized carbons (Fsp3) is 0.767. The minimum Gasteiger partial charge on any atom is -0.394 e. The van der Waals surface area contributed by atoms with Crippen molar-refractivity contribution in [1.29, 1.82) is 0 Å². The predicted molar refractivity (Wildman–Crippen MR) is 209 cm³/mol. The molecular formula is C43H72N2O6. The van der Waals surface area contributed by atoms with Crippen molar-refractivity contribution in [3.63, 3.8) is 0 Å². The van der Waals surface area contributed by atoms with E-state index in [4.69, 9.17) is 14.2 Å². The SMILES string of the molecule is CCCCCCCCCC1(CCCCCCCCC)O[C@H]2[C@H](O1)[C@@H](CO)O[C@H]2n1ccc(=O)n(C/C=C(\C)CC/C=C(\C)CCC=C(C)C)c1=O. The Hall–Kier alpha value is -2.26. The van der Waals surface area contributed by atoms with Gasteiger partial charge in [-0.25, -0.2) is 4.79 Å². The minimum atomic E-state index is -0.791. The van der Waals surface area contributed by atoms with Crippen molar-refractivity contribution in [2.75, 3.05) is 6.61 Å². The summed E-state index contributed by atoms with van der Waals surface area (Å²) in [5.74, 6) is -0.756. The van der Waals surface area contributed by atoms with E-state index in [0.29, 0.717) is 0 Å². The van der Waals surface area contributed by atoms with Gasteiger partial charge in [-0.2, -0.15) is 0 Å². The fourth-order valence-corrected chi connectivity index (χ4v) is 7.41. The van der Waals surface area contributed by atoms with E-state index in [1.54, 1.807) is 0 Å². The number of aromatic nitrogens is 2. The highest BCUT2D eigenvalue weighted by atomic mass is 16.8. The third-order valence-electron chi connectivity index (χ3n) is 10.6. The highest BCUT2D eigenvalue weighted by Crippen LogP contribution is 2.46. The Morgan fingerprint density at radius 1 is 0.745 bits per heavy atom. The topological polar surface area (TPSA) is 91.9 Å². The molecule has 0 spiro atoms. The largest absolute Gasteiger partial charge is 0.394 e. The molecule has 4 atom stereocenters. The van der Waals surface area contributed by atoms with Gasteiger partial charge in [-0.1, -0.05) is 126 Å². The summed E-state index contributed by atoms with van der Waals surface area (Å²) in [4.78, 5) is 26.8. The van der Waals surface area contributed by atoms with Crippen molar-refractivity contribution in [3.8, 4) is 0 Å². The zero-order valence-electron chi connectivity index (χ0n) is 33.1. The van der Waals surface area contributed by atoms with Gasteiger partial charge in [0.1, 0.15) is 18.3 Å². The minimum absolute atomic E-state index is 0.190. The van der Waals surface area contributed by atoms with Gasteiger partial charge in [0.25, 0.3) is 5.56 Å². The second-order valence-electron chi connectivity index (χ2n) is 15.5. The van der Waals surface area contributed by atoms with Gasteiger partial charge in [-0.05, 0) is 66.2 Å². The number of nitrogens with zero attached hydrogens (tertiary/aromatic N) is 2. The van der Waals surface area contributed by atoms with Gasteiger partial charge in [0.15, 0.2) is 12.0 Å². The molecule has 51 heavy (non-hydrogen) atoms. The maximum Gasteiger partial charge on any atom is 0.333 e. The van der Waals surface area contributed by atoms with E-state index in [1.807, 2.05) is 6.08 Å². The van der Waals surface area contributed by atoms with Crippen molar-refractivity contribution >= 4 is 0 Å². The maximum atomic E-state index is 13.9. The molecule has 1 aromatic rings. The molecule has 3 rings (SSSR count). The molecule has 1 N–H and O–H groups in total. The van der Waals surface area contributed by atoms with Crippen LogP contribution in [0.3, 0.4) is 0 Å². The van der Waals surface area contributed by atoms with Crippen LogP contribution in [0.2, 0.25) is 0 Å². The first-order valence-corrected chi connectivity index (χ1v) is 20.5. The van der Waals surface area contributed by atoms with Gasteiger partial charge >= 0.3 is 5.69 Å². The predicted octanol–water partition coefficient (Wildman–Crippen LogP) is 10.1. The van der Waals surface area contributed by atoms with Crippen LogP contribution >= 0.6 is 0 Å². The van der Waals surface area contributed by atoms with E-state index < -0.39 is 36.0 Å². The van der Waals surface area contributed by atoms with Crippen molar-refractivity contribution in [3.05, 3.63) is 68.0 Å². The Labute approximate surface area is 309 Å². The Kier molecular flexibility index (Phi) is 19.8. The number of unbranched alkanes of at least 4 members (excludes halogenated alkanes) is 12. The number of ether oxygens (including phenoxy) is 3. The van der Waals surface area contributed by atoms with E-state index in [9.17, 15) is 14.7 Å². The average Bonchev–Trinajstić information content (AvgIpc) is 3.63. The van der Waals surface area contributed by atoms with Gasteiger partial charge in [-0.3, -0.25) is 13.9 Å². The molecule has 8 heteroatoms. The summed E-state index contributed by atoms with van der Waals surface area (Å²) in [6.45, 7) is 12.9. The molecule has 0 radical (unpaired) electrons. The lowest BCUT2D eigenvalue weighted by atomic mass is 9.98. The quantitative estimate of drug-likeness (QED) is 0.0760. The summed E-state index contributed by atoms with van der Waals surface area (Å²) < 4.78 is 22.6. The first kappa shape index (κ1) is 43.1. The number of aliphatic hydroxyl groups excluding tert-OH is 1. The summed E-state index contributed by atoms with van der Waals surface area (Å²) in [6, 6.07) is 1.42. The van der Waals surface area contributed by atoms with E-state index >= 15 is 0 Å². The summed E-state index contributed by atoms with van der Waals surface area (Å²) in [5, 5.41) is 10.3. The summed E-state index contributed by atoms with van der Waals surface area (Å²) in [5.41, 5.74) is 3.07. The molecule has 2 fully saturated rings. The van der Waals surface area contributed by atoms with E-state index in [1.165, 1.54) is 96.8 Å². The molecule has 0 saturated carbocycles. The first-order valence-electron chi connectivity index (χ1n) is 20.5. The van der Waals surface area contributed by atoms with Gasteiger partial charge in [0, 0.05) is 31.6 Å². The lowest BCUT2D eigenvalue weighted by Gasteiger charge is -2.31. The second kappa shape index (κ2) is 23.4. The maximum absolute atomic E-state index is 13.9. The van der Waals surface area contributed by atoms with Crippen LogP contribution in [0.15, 0.2) is 56.8 Å². The Bertz CT molecular complexity index is 1330. The third-order valence-corrected chi connectivity index (χ3v) is 10.6. The highest BCUT2D eigenvalue weighted by Gasteiger charge is 2.58. The van der Waals surface area contributed by atoms with Crippen LogP contribution in [0.25, 0.3) is 0 Å². The zero-order valence-corrected chi connectivity index (χ0v) is 33.1. The fourth-order valence-electron chi connectivity index (χ4n) is 7.41. The number of aliphatic hydroxyl groups is 1. The number of hydrogen-bond acceptors (Lipinski definition) is 6. The average molecular weight is 713 g/mol. The van der Waals surface area contributed by atoms with Crippen LogP contribution in [-0.2, 0) is 20.8 Å². The molecule has 2 aliphatic heterocycles. The van der Waals surface area contributed by atoms with Crippen molar-refractivity contribution in [2.45, 2.75) is 207 Å². The molecule has 0 bridgehead atoms. The highest BCUT2D eigenvalue weighted by molar-refractivity contribution is 5.06. The molecule has 0 aliphatic carbocycles. The van der Waals surface area contributed by atoms with Crippen molar-refractivity contribution in [1.82, 2.24) is 9.13 Å². The smallest absolute Gasteiger partial charge is 0.333 e. The molecule has 8 nitrogen and oxygen atoms in total. The molecule has 0 amide bonds. The monoisotopic (exact) mass is 713 g/mol. The standard InChI is InChI=1S/C43H72N2O6/c1-7-9-11-13-15-17-19-29-43(30-20-18-16-14-12-10-8-2)50-39-37(33-46)49-41(40(39)51-43)45-32-28-38(47)44(42(45)48)31-27-36(6)26-22-25-35(5)24-21-23-34(3)4/h23,25,27-28,32,37,39-41,46H,7-22,24,26,29-31,33H2,1-6H3/b35-25+,36-27+/t37-,39-,40+,41-/m1/s1. The van der Waals surface area contributed by atoms with E-state index in [-0.39, 0.29) is 18.7 Å². The van der Waals surface area contributed by atoms with Crippen LogP contribution in [0.1, 0.15) is 176 Å². The lowest BCUT2D eigenvalue weighted by Crippen LogP contribution is -2.43. The molecule has 1 aromatic heterocycles.